The van der Waals surface area contributed by atoms with Crippen LogP contribution >= 0.6 is 23.4 Å². The standard InChI is InChI=1S/C30H25ClN2O2S/c1-20-6-2-3-7-23(20)19-33-26-18-22(29(34)32-17-16-21-10-13-24(31)14-11-21)12-15-28(26)36-27-9-5-4-8-25(27)30(33)35/h2-15,18H,16-17,19H2,1H3,(H,32,34). The maximum atomic E-state index is 13.8. The molecule has 36 heavy (non-hydrogen) atoms. The molecule has 4 nitrogen and oxygen atoms in total. The number of aryl methyl sites for hydroxylation is 1. The monoisotopic (exact) mass is 512 g/mol. The Morgan fingerprint density at radius 3 is 2.47 bits per heavy atom. The lowest BCUT2D eigenvalue weighted by Gasteiger charge is -2.24. The summed E-state index contributed by atoms with van der Waals surface area (Å²) < 4.78 is 0. The highest BCUT2D eigenvalue weighted by Crippen LogP contribution is 2.42. The first-order valence-electron chi connectivity index (χ1n) is 11.8. The van der Waals surface area contributed by atoms with Gasteiger partial charge in [-0.25, -0.2) is 0 Å². The Kier molecular flexibility index (Phi) is 7.12. The molecule has 180 valence electrons. The largest absolute Gasteiger partial charge is 0.352 e. The van der Waals surface area contributed by atoms with Crippen LogP contribution in [0.3, 0.4) is 0 Å². The van der Waals surface area contributed by atoms with Crippen LogP contribution in [0.25, 0.3) is 0 Å². The maximum absolute atomic E-state index is 13.8. The lowest BCUT2D eigenvalue weighted by atomic mass is 10.1. The van der Waals surface area contributed by atoms with Gasteiger partial charge in [0.2, 0.25) is 0 Å². The van der Waals surface area contributed by atoms with Gasteiger partial charge in [0.1, 0.15) is 0 Å². The Morgan fingerprint density at radius 1 is 0.917 bits per heavy atom. The Labute approximate surface area is 220 Å². The number of nitrogens with one attached hydrogen (secondary N) is 1. The molecule has 1 aliphatic rings. The summed E-state index contributed by atoms with van der Waals surface area (Å²) in [7, 11) is 0. The fourth-order valence-electron chi connectivity index (χ4n) is 4.25. The van der Waals surface area contributed by atoms with Crippen molar-refractivity contribution >= 4 is 40.9 Å². The van der Waals surface area contributed by atoms with E-state index in [9.17, 15) is 9.59 Å². The highest BCUT2D eigenvalue weighted by Gasteiger charge is 2.28. The van der Waals surface area contributed by atoms with Gasteiger partial charge < -0.3 is 10.2 Å². The molecule has 0 fully saturated rings. The van der Waals surface area contributed by atoms with Crippen molar-refractivity contribution in [1.82, 2.24) is 5.32 Å². The molecule has 0 saturated carbocycles. The number of nitrogens with zero attached hydrogens (tertiary/aromatic N) is 1. The van der Waals surface area contributed by atoms with Crippen LogP contribution in [-0.4, -0.2) is 18.4 Å². The molecule has 0 saturated heterocycles. The zero-order chi connectivity index (χ0) is 25.1. The van der Waals surface area contributed by atoms with E-state index in [2.05, 4.69) is 5.32 Å². The quantitative estimate of drug-likeness (QED) is 0.304. The van der Waals surface area contributed by atoms with E-state index in [0.717, 1.165) is 32.2 Å². The second kappa shape index (κ2) is 10.6. The van der Waals surface area contributed by atoms with Crippen molar-refractivity contribution < 1.29 is 9.59 Å². The van der Waals surface area contributed by atoms with Gasteiger partial charge in [-0.3, -0.25) is 9.59 Å². The second-order valence-corrected chi connectivity index (χ2v) is 10.3. The molecule has 1 aliphatic heterocycles. The maximum Gasteiger partial charge on any atom is 0.259 e. The van der Waals surface area contributed by atoms with Gasteiger partial charge in [-0.15, -0.1) is 0 Å². The molecule has 0 aromatic heterocycles. The summed E-state index contributed by atoms with van der Waals surface area (Å²) in [6, 6.07) is 29.0. The average Bonchev–Trinajstić information content (AvgIpc) is 3.00. The predicted molar refractivity (Wildman–Crippen MR) is 146 cm³/mol. The Bertz CT molecular complexity index is 1440. The molecule has 1 heterocycles. The molecule has 4 aromatic carbocycles. The zero-order valence-corrected chi connectivity index (χ0v) is 21.4. The lowest BCUT2D eigenvalue weighted by Crippen LogP contribution is -2.31. The van der Waals surface area contributed by atoms with Gasteiger partial charge >= 0.3 is 0 Å². The molecule has 0 radical (unpaired) electrons. The number of amides is 2. The van der Waals surface area contributed by atoms with Gasteiger partial charge in [-0.1, -0.05) is 71.9 Å². The molecule has 6 heteroatoms. The summed E-state index contributed by atoms with van der Waals surface area (Å²) in [6.07, 6.45) is 0.705. The summed E-state index contributed by atoms with van der Waals surface area (Å²) in [5.41, 5.74) is 5.23. The van der Waals surface area contributed by atoms with Crippen molar-refractivity contribution in [1.29, 1.82) is 0 Å². The molecule has 0 atom stereocenters. The van der Waals surface area contributed by atoms with Crippen LogP contribution in [0.5, 0.6) is 0 Å². The van der Waals surface area contributed by atoms with Crippen molar-refractivity contribution in [3.8, 4) is 0 Å². The third-order valence-electron chi connectivity index (χ3n) is 6.30. The number of anilines is 1. The molecule has 2 amide bonds. The first-order chi connectivity index (χ1) is 17.5. The van der Waals surface area contributed by atoms with Gasteiger partial charge in [0, 0.05) is 26.9 Å². The molecular weight excluding hydrogens is 488 g/mol. The fraction of sp³-hybridized carbons (Fsp3) is 0.133. The molecule has 4 aromatic rings. The van der Waals surface area contributed by atoms with E-state index in [-0.39, 0.29) is 11.8 Å². The van der Waals surface area contributed by atoms with Crippen LogP contribution in [-0.2, 0) is 13.0 Å². The number of hydrogen-bond donors (Lipinski definition) is 1. The highest BCUT2D eigenvalue weighted by molar-refractivity contribution is 7.99. The first kappa shape index (κ1) is 24.2. The molecule has 0 bridgehead atoms. The zero-order valence-electron chi connectivity index (χ0n) is 19.8. The minimum atomic E-state index is -0.165. The van der Waals surface area contributed by atoms with Crippen LogP contribution in [0.2, 0.25) is 5.02 Å². The summed E-state index contributed by atoms with van der Waals surface area (Å²) >= 11 is 7.52. The minimum absolute atomic E-state index is 0.0691. The topological polar surface area (TPSA) is 49.4 Å². The molecular formula is C30H25ClN2O2S. The van der Waals surface area contributed by atoms with Crippen molar-refractivity contribution in [3.05, 3.63) is 124 Å². The smallest absolute Gasteiger partial charge is 0.259 e. The number of carbonyl (C=O) groups excluding carboxylic acids is 2. The van der Waals surface area contributed by atoms with Crippen LogP contribution in [0.4, 0.5) is 5.69 Å². The average molecular weight is 513 g/mol. The number of fused-ring (bicyclic) bond motifs is 2. The first-order valence-corrected chi connectivity index (χ1v) is 13.0. The van der Waals surface area contributed by atoms with Gasteiger partial charge in [0.15, 0.2) is 0 Å². The fourth-order valence-corrected chi connectivity index (χ4v) is 5.43. The van der Waals surface area contributed by atoms with Gasteiger partial charge in [-0.05, 0) is 72.5 Å². The van der Waals surface area contributed by atoms with E-state index < -0.39 is 0 Å². The molecule has 0 unspecified atom stereocenters. The van der Waals surface area contributed by atoms with E-state index in [1.165, 1.54) is 0 Å². The summed E-state index contributed by atoms with van der Waals surface area (Å²) in [6.45, 7) is 2.98. The van der Waals surface area contributed by atoms with E-state index >= 15 is 0 Å². The number of rotatable bonds is 6. The minimum Gasteiger partial charge on any atom is -0.352 e. The van der Waals surface area contributed by atoms with E-state index in [1.54, 1.807) is 16.7 Å². The van der Waals surface area contributed by atoms with Crippen molar-refractivity contribution in [2.75, 3.05) is 11.4 Å². The third kappa shape index (κ3) is 5.18. The van der Waals surface area contributed by atoms with Crippen LogP contribution in [0, 0.1) is 6.92 Å². The number of benzene rings is 4. The molecule has 5 rings (SSSR count). The van der Waals surface area contributed by atoms with E-state index in [0.29, 0.717) is 35.7 Å². The molecule has 0 aliphatic carbocycles. The Morgan fingerprint density at radius 2 is 1.67 bits per heavy atom. The number of halogens is 1. The highest BCUT2D eigenvalue weighted by atomic mass is 35.5. The number of hydrogen-bond acceptors (Lipinski definition) is 3. The van der Waals surface area contributed by atoms with Gasteiger partial charge in [0.25, 0.3) is 11.8 Å². The summed E-state index contributed by atoms with van der Waals surface area (Å²) in [4.78, 5) is 30.4. The summed E-state index contributed by atoms with van der Waals surface area (Å²) in [5.74, 6) is -0.234. The van der Waals surface area contributed by atoms with Crippen molar-refractivity contribution in [2.24, 2.45) is 0 Å². The van der Waals surface area contributed by atoms with Crippen LogP contribution in [0.1, 0.15) is 37.4 Å². The van der Waals surface area contributed by atoms with Crippen molar-refractivity contribution in [3.63, 3.8) is 0 Å². The van der Waals surface area contributed by atoms with Gasteiger partial charge in [-0.2, -0.15) is 0 Å². The lowest BCUT2D eigenvalue weighted by molar-refractivity contribution is 0.0950. The predicted octanol–water partition coefficient (Wildman–Crippen LogP) is 6.93. The number of carbonyl (C=O) groups is 2. The normalized spacial score (nSPS) is 12.5. The van der Waals surface area contributed by atoms with Crippen LogP contribution < -0.4 is 10.2 Å². The third-order valence-corrected chi connectivity index (χ3v) is 7.69. The second-order valence-electron chi connectivity index (χ2n) is 8.73. The SMILES string of the molecule is Cc1ccccc1CN1C(=O)c2ccccc2Sc2ccc(C(=O)NCCc3ccc(Cl)cc3)cc21. The van der Waals surface area contributed by atoms with Crippen molar-refractivity contribution in [2.45, 2.75) is 29.7 Å². The Hall–Kier alpha value is -3.54. The molecule has 1 N–H and O–H groups in total. The van der Waals surface area contributed by atoms with E-state index in [1.807, 2.05) is 97.9 Å². The Balaban J connectivity index is 1.43. The summed E-state index contributed by atoms with van der Waals surface area (Å²) in [5, 5.41) is 3.70. The molecule has 0 spiro atoms. The van der Waals surface area contributed by atoms with E-state index in [4.69, 9.17) is 11.6 Å². The van der Waals surface area contributed by atoms with Crippen LogP contribution in [0.15, 0.2) is 101 Å². The van der Waals surface area contributed by atoms with Gasteiger partial charge in [0.05, 0.1) is 17.8 Å².